The normalized spacial score (nSPS) is 12.1. The number of aryl methyl sites for hydroxylation is 1. The summed E-state index contributed by atoms with van der Waals surface area (Å²) >= 11 is 7.64. The van der Waals surface area contributed by atoms with E-state index in [4.69, 9.17) is 11.6 Å². The van der Waals surface area contributed by atoms with Crippen LogP contribution in [-0.2, 0) is 0 Å². The maximum atomic E-state index is 5.99. The number of thiophene rings is 1. The van der Waals surface area contributed by atoms with Gasteiger partial charge in [0, 0.05) is 10.4 Å². The van der Waals surface area contributed by atoms with Crippen LogP contribution in [0.3, 0.4) is 0 Å². The van der Waals surface area contributed by atoms with Crippen LogP contribution in [0.25, 0.3) is 10.2 Å². The van der Waals surface area contributed by atoms with E-state index in [0.29, 0.717) is 5.28 Å². The van der Waals surface area contributed by atoms with Gasteiger partial charge in [-0.15, -0.1) is 11.3 Å². The Hall–Kier alpha value is -0.870. The second-order valence-electron chi connectivity index (χ2n) is 4.81. The minimum absolute atomic E-state index is 0.0421. The molecule has 2 rings (SSSR count). The zero-order valence-corrected chi connectivity index (χ0v) is 12.7. The van der Waals surface area contributed by atoms with Crippen LogP contribution in [0.5, 0.6) is 0 Å². The van der Waals surface area contributed by atoms with E-state index in [1.165, 1.54) is 4.88 Å². The fraction of sp³-hybridized carbons (Fsp3) is 0.538. The molecule has 0 saturated carbocycles. The number of hydrogen-bond donors (Lipinski definition) is 1. The minimum Gasteiger partial charge on any atom is -0.364 e. The number of aromatic nitrogens is 2. The third-order valence-electron chi connectivity index (χ3n) is 3.47. The van der Waals surface area contributed by atoms with E-state index in [2.05, 4.69) is 49.0 Å². The molecule has 0 unspecified atom stereocenters. The van der Waals surface area contributed by atoms with Gasteiger partial charge in [0.15, 0.2) is 0 Å². The molecule has 0 aliphatic heterocycles. The van der Waals surface area contributed by atoms with Crippen LogP contribution in [-0.4, -0.2) is 15.5 Å². The smallest absolute Gasteiger partial charge is 0.225 e. The number of anilines is 1. The van der Waals surface area contributed by atoms with Crippen LogP contribution in [0.1, 0.15) is 38.5 Å². The first kappa shape index (κ1) is 13.6. The fourth-order valence-corrected chi connectivity index (χ4v) is 2.92. The SMILES string of the molecule is CCC(C)(CC)Nc1nc(Cl)nc2sc(C)cc12. The molecule has 0 fully saturated rings. The Kier molecular flexibility index (Phi) is 3.78. The summed E-state index contributed by atoms with van der Waals surface area (Å²) in [4.78, 5) is 10.8. The Morgan fingerprint density at radius 2 is 2.00 bits per heavy atom. The maximum absolute atomic E-state index is 5.99. The molecule has 98 valence electrons. The average Bonchev–Trinajstić information content (AvgIpc) is 2.69. The molecule has 0 aliphatic carbocycles. The molecular weight excluding hydrogens is 266 g/mol. The molecule has 0 saturated heterocycles. The van der Waals surface area contributed by atoms with Crippen molar-refractivity contribution in [2.24, 2.45) is 0 Å². The predicted octanol–water partition coefficient (Wildman–Crippen LogP) is 4.64. The van der Waals surface area contributed by atoms with Crippen molar-refractivity contribution >= 4 is 39.0 Å². The van der Waals surface area contributed by atoms with Crippen LogP contribution in [0, 0.1) is 6.92 Å². The number of fused-ring (bicyclic) bond motifs is 1. The summed E-state index contributed by atoms with van der Waals surface area (Å²) in [6.07, 6.45) is 2.07. The monoisotopic (exact) mass is 283 g/mol. The third-order valence-corrected chi connectivity index (χ3v) is 4.58. The van der Waals surface area contributed by atoms with E-state index < -0.39 is 0 Å². The van der Waals surface area contributed by atoms with Crippen molar-refractivity contribution < 1.29 is 0 Å². The van der Waals surface area contributed by atoms with E-state index in [9.17, 15) is 0 Å². The molecule has 3 nitrogen and oxygen atoms in total. The zero-order valence-electron chi connectivity index (χ0n) is 11.2. The molecule has 1 N–H and O–H groups in total. The molecule has 18 heavy (non-hydrogen) atoms. The van der Waals surface area contributed by atoms with Crippen LogP contribution in [0.2, 0.25) is 5.28 Å². The molecule has 2 aromatic rings. The van der Waals surface area contributed by atoms with Gasteiger partial charge in [0.1, 0.15) is 10.6 Å². The van der Waals surface area contributed by atoms with E-state index in [-0.39, 0.29) is 5.54 Å². The molecule has 0 amide bonds. The molecule has 0 aromatic carbocycles. The topological polar surface area (TPSA) is 37.8 Å². The molecule has 0 radical (unpaired) electrons. The number of nitrogens with one attached hydrogen (secondary N) is 1. The quantitative estimate of drug-likeness (QED) is 0.831. The Bertz CT molecular complexity index is 561. The van der Waals surface area contributed by atoms with Crippen molar-refractivity contribution in [1.82, 2.24) is 9.97 Å². The van der Waals surface area contributed by atoms with E-state index >= 15 is 0 Å². The van der Waals surface area contributed by atoms with Crippen molar-refractivity contribution in [3.05, 3.63) is 16.2 Å². The lowest BCUT2D eigenvalue weighted by molar-refractivity contribution is 0.477. The standard InChI is InChI=1S/C13H18ClN3S/c1-5-13(4,6-2)17-10-9-7-8(3)18-11(9)16-12(14)15-10/h7H,5-6H2,1-4H3,(H,15,16,17). The Morgan fingerprint density at radius 3 is 2.61 bits per heavy atom. The largest absolute Gasteiger partial charge is 0.364 e. The van der Waals surface area contributed by atoms with Gasteiger partial charge in [0.25, 0.3) is 0 Å². The molecular formula is C13H18ClN3S. The molecule has 0 spiro atoms. The highest BCUT2D eigenvalue weighted by atomic mass is 35.5. The summed E-state index contributed by atoms with van der Waals surface area (Å²) in [7, 11) is 0. The molecule has 2 aromatic heterocycles. The molecule has 0 atom stereocenters. The van der Waals surface area contributed by atoms with Gasteiger partial charge in [-0.3, -0.25) is 0 Å². The van der Waals surface area contributed by atoms with Gasteiger partial charge < -0.3 is 5.32 Å². The lowest BCUT2D eigenvalue weighted by Crippen LogP contribution is -2.33. The first-order chi connectivity index (χ1) is 8.47. The fourth-order valence-electron chi connectivity index (χ4n) is 1.82. The first-order valence-electron chi connectivity index (χ1n) is 6.19. The minimum atomic E-state index is 0.0421. The van der Waals surface area contributed by atoms with Crippen molar-refractivity contribution in [2.75, 3.05) is 5.32 Å². The van der Waals surface area contributed by atoms with E-state index in [0.717, 1.165) is 28.9 Å². The van der Waals surface area contributed by atoms with Crippen LogP contribution < -0.4 is 5.32 Å². The first-order valence-corrected chi connectivity index (χ1v) is 7.38. The zero-order chi connectivity index (χ0) is 13.3. The van der Waals surface area contributed by atoms with E-state index in [1.54, 1.807) is 11.3 Å². The Balaban J connectivity index is 2.49. The van der Waals surface area contributed by atoms with Crippen LogP contribution >= 0.6 is 22.9 Å². The van der Waals surface area contributed by atoms with Crippen molar-refractivity contribution in [2.45, 2.75) is 46.1 Å². The van der Waals surface area contributed by atoms with Crippen molar-refractivity contribution in [1.29, 1.82) is 0 Å². The van der Waals surface area contributed by atoms with Gasteiger partial charge in [0.05, 0.1) is 5.39 Å². The molecule has 0 bridgehead atoms. The highest BCUT2D eigenvalue weighted by Crippen LogP contribution is 2.32. The van der Waals surface area contributed by atoms with Crippen LogP contribution in [0.4, 0.5) is 5.82 Å². The van der Waals surface area contributed by atoms with Gasteiger partial charge in [0.2, 0.25) is 5.28 Å². The highest BCUT2D eigenvalue weighted by molar-refractivity contribution is 7.18. The highest BCUT2D eigenvalue weighted by Gasteiger charge is 2.21. The lowest BCUT2D eigenvalue weighted by Gasteiger charge is -2.29. The maximum Gasteiger partial charge on any atom is 0.225 e. The lowest BCUT2D eigenvalue weighted by atomic mass is 9.95. The van der Waals surface area contributed by atoms with Gasteiger partial charge in [-0.25, -0.2) is 9.97 Å². The predicted molar refractivity (Wildman–Crippen MR) is 79.8 cm³/mol. The number of halogens is 1. The summed E-state index contributed by atoms with van der Waals surface area (Å²) < 4.78 is 0. The van der Waals surface area contributed by atoms with E-state index in [1.807, 2.05) is 0 Å². The number of rotatable bonds is 4. The number of hydrogen-bond acceptors (Lipinski definition) is 4. The summed E-state index contributed by atoms with van der Waals surface area (Å²) in [5, 5.41) is 4.89. The summed E-state index contributed by atoms with van der Waals surface area (Å²) in [6.45, 7) is 8.63. The molecule has 2 heterocycles. The second kappa shape index (κ2) is 5.02. The molecule has 5 heteroatoms. The summed E-state index contributed by atoms with van der Waals surface area (Å²) in [5.74, 6) is 0.848. The molecule has 0 aliphatic rings. The van der Waals surface area contributed by atoms with Gasteiger partial charge >= 0.3 is 0 Å². The van der Waals surface area contributed by atoms with Crippen LogP contribution in [0.15, 0.2) is 6.07 Å². The Labute approximate surface area is 117 Å². The third kappa shape index (κ3) is 2.59. The number of nitrogens with zero attached hydrogens (tertiary/aromatic N) is 2. The average molecular weight is 284 g/mol. The van der Waals surface area contributed by atoms with Crippen molar-refractivity contribution in [3.63, 3.8) is 0 Å². The van der Waals surface area contributed by atoms with Crippen molar-refractivity contribution in [3.8, 4) is 0 Å². The van der Waals surface area contributed by atoms with Gasteiger partial charge in [-0.2, -0.15) is 0 Å². The summed E-state index contributed by atoms with van der Waals surface area (Å²) in [5.41, 5.74) is 0.0421. The summed E-state index contributed by atoms with van der Waals surface area (Å²) in [6, 6.07) is 2.12. The second-order valence-corrected chi connectivity index (χ2v) is 6.38. The van der Waals surface area contributed by atoms with Gasteiger partial charge in [-0.1, -0.05) is 13.8 Å². The Morgan fingerprint density at radius 1 is 1.33 bits per heavy atom. The van der Waals surface area contributed by atoms with Gasteiger partial charge in [-0.05, 0) is 44.4 Å².